The molecular weight excluding hydrogens is 929 g/mol. The molecule has 72 heavy (non-hydrogen) atoms. The molecule has 0 unspecified atom stereocenters. The number of carboxylic acid groups (broad SMARTS) is 2. The van der Waals surface area contributed by atoms with Crippen molar-refractivity contribution in [3.8, 4) is 27.0 Å². The summed E-state index contributed by atoms with van der Waals surface area (Å²) in [4.78, 5) is 33.7. The minimum absolute atomic E-state index is 0.295. The lowest BCUT2D eigenvalue weighted by atomic mass is 10.1. The molecule has 10 heteroatoms. The second-order valence-electron chi connectivity index (χ2n) is 16.4. The molecule has 352 valence electrons. The summed E-state index contributed by atoms with van der Waals surface area (Å²) < 4.78 is 0. The number of hydrogen-bond donors (Lipinski definition) is 2. The molecule has 0 radical (unpaired) electrons. The number of hydrogen-bond acceptors (Lipinski definition) is 7. The number of thiophene rings is 2. The minimum Gasteiger partial charge on any atom is -0.486 e. The first-order chi connectivity index (χ1) is 35.1. The zero-order chi connectivity index (χ0) is 50.4. The first-order valence-electron chi connectivity index (χ1n) is 23.2. The van der Waals surface area contributed by atoms with Crippen LogP contribution in [0.5, 0.6) is 0 Å². The van der Waals surface area contributed by atoms with Gasteiger partial charge in [0.2, 0.25) is 0 Å². The quantitative estimate of drug-likeness (QED) is 0.0381. The van der Waals surface area contributed by atoms with Gasteiger partial charge in [0.1, 0.15) is 11.6 Å². The maximum Gasteiger partial charge on any atom is 0.346 e. The van der Waals surface area contributed by atoms with Crippen molar-refractivity contribution >= 4 is 106 Å². The molecule has 0 fully saturated rings. The van der Waals surface area contributed by atoms with Crippen LogP contribution >= 0.6 is 22.7 Å². The molecule has 0 saturated heterocycles. The van der Waals surface area contributed by atoms with Gasteiger partial charge in [0.25, 0.3) is 5.70 Å². The van der Waals surface area contributed by atoms with Gasteiger partial charge in [0.05, 0.1) is 6.57 Å². The summed E-state index contributed by atoms with van der Waals surface area (Å²) in [5.74, 6) is -2.47. The van der Waals surface area contributed by atoms with E-state index in [1.807, 2.05) is 60.7 Å². The highest BCUT2D eigenvalue weighted by Crippen LogP contribution is 2.36. The first kappa shape index (κ1) is 49.4. The Morgan fingerprint density at radius 3 is 1.14 bits per heavy atom. The zero-order valence-corrected chi connectivity index (χ0v) is 41.1. The predicted octanol–water partition coefficient (Wildman–Crippen LogP) is 16.3. The molecule has 2 heterocycles. The summed E-state index contributed by atoms with van der Waals surface area (Å²) in [6.45, 7) is 13.4. The Kier molecular flexibility index (Phi) is 16.1. The minimum atomic E-state index is -1.24. The van der Waals surface area contributed by atoms with Gasteiger partial charge in [0, 0.05) is 55.3 Å². The Hall–Kier alpha value is -9.06. The van der Waals surface area contributed by atoms with Gasteiger partial charge in [-0.1, -0.05) is 134 Å². The summed E-state index contributed by atoms with van der Waals surface area (Å²) in [7, 11) is 0. The maximum absolute atomic E-state index is 11.3. The van der Waals surface area contributed by atoms with Crippen LogP contribution in [0.15, 0.2) is 181 Å². The fourth-order valence-electron chi connectivity index (χ4n) is 7.86. The largest absolute Gasteiger partial charge is 0.486 e. The summed E-state index contributed by atoms with van der Waals surface area (Å²) in [6, 6.07) is 59.9. The molecule has 0 amide bonds. The highest BCUT2D eigenvalue weighted by molar-refractivity contribution is 7.16. The standard InChI is InChI=1S/C62H48N4O4S2/c1-4-65(5-2)52-28-16-45(17-29-52)10-11-48-22-34-55(35-23-48)66(53-30-18-46(19-31-53)8-6-43-12-24-49(25-13-43)59-38-36-56(71-59)40-51(42-63)61(67)68)54-32-20-47(21-33-54)9-7-44-14-26-50(27-15-44)60-39-37-57(72-60)41-58(64-3)62(69)70/h6-41H,4-5H2,1-2H3,(H,67,68)(H,69,70). The number of anilines is 4. The van der Waals surface area contributed by atoms with Gasteiger partial charge in [-0.25, -0.2) is 9.64 Å². The fraction of sp³-hybridized carbons (Fsp3) is 0.0645. The van der Waals surface area contributed by atoms with Gasteiger partial charge in [-0.05, 0) is 143 Å². The van der Waals surface area contributed by atoms with Crippen LogP contribution < -0.4 is 9.80 Å². The van der Waals surface area contributed by atoms with Crippen LogP contribution in [0.2, 0.25) is 0 Å². The van der Waals surface area contributed by atoms with Crippen molar-refractivity contribution in [2.75, 3.05) is 22.9 Å². The van der Waals surface area contributed by atoms with E-state index in [9.17, 15) is 19.8 Å². The lowest BCUT2D eigenvalue weighted by Gasteiger charge is -2.26. The molecule has 2 N–H and O–H groups in total. The van der Waals surface area contributed by atoms with Crippen LogP contribution in [-0.2, 0) is 9.59 Å². The maximum atomic E-state index is 11.3. The number of benzene rings is 6. The lowest BCUT2D eigenvalue weighted by Crippen LogP contribution is -2.21. The summed E-state index contributed by atoms with van der Waals surface area (Å²) in [5, 5.41) is 27.6. The first-order valence-corrected chi connectivity index (χ1v) is 24.8. The van der Waals surface area contributed by atoms with Crippen LogP contribution in [0.4, 0.5) is 22.7 Å². The van der Waals surface area contributed by atoms with Gasteiger partial charge < -0.3 is 20.0 Å². The third-order valence-electron chi connectivity index (χ3n) is 11.8. The second kappa shape index (κ2) is 23.5. The Balaban J connectivity index is 0.992. The van der Waals surface area contributed by atoms with Crippen molar-refractivity contribution in [3.05, 3.63) is 236 Å². The second-order valence-corrected chi connectivity index (χ2v) is 18.7. The van der Waals surface area contributed by atoms with E-state index in [2.05, 4.69) is 174 Å². The molecule has 6 aromatic carbocycles. The van der Waals surface area contributed by atoms with Crippen molar-refractivity contribution in [1.29, 1.82) is 5.26 Å². The van der Waals surface area contributed by atoms with Crippen LogP contribution in [0.3, 0.4) is 0 Å². The Bertz CT molecular complexity index is 3240. The van der Waals surface area contributed by atoms with Crippen LogP contribution in [0.25, 0.3) is 74.3 Å². The number of rotatable bonds is 18. The van der Waals surface area contributed by atoms with E-state index in [0.717, 1.165) is 84.4 Å². The molecule has 0 aliphatic carbocycles. The van der Waals surface area contributed by atoms with E-state index < -0.39 is 11.9 Å². The summed E-state index contributed by atoms with van der Waals surface area (Å²) in [5.41, 5.74) is 12.1. The van der Waals surface area contributed by atoms with E-state index in [0.29, 0.717) is 9.75 Å². The molecule has 0 atom stereocenters. The van der Waals surface area contributed by atoms with Crippen LogP contribution in [0, 0.1) is 17.9 Å². The lowest BCUT2D eigenvalue weighted by molar-refractivity contribution is -0.133. The van der Waals surface area contributed by atoms with E-state index in [-0.39, 0.29) is 11.3 Å². The molecule has 0 aliphatic heterocycles. The summed E-state index contributed by atoms with van der Waals surface area (Å²) in [6.07, 6.45) is 15.4. The molecule has 0 spiro atoms. The number of carbonyl (C=O) groups is 2. The van der Waals surface area contributed by atoms with Gasteiger partial charge >= 0.3 is 11.9 Å². The number of aliphatic carboxylic acids is 2. The smallest absolute Gasteiger partial charge is 0.346 e. The van der Waals surface area contributed by atoms with E-state index in [4.69, 9.17) is 11.8 Å². The van der Waals surface area contributed by atoms with E-state index in [1.165, 1.54) is 40.5 Å². The zero-order valence-electron chi connectivity index (χ0n) is 39.5. The molecule has 8 nitrogen and oxygen atoms in total. The Morgan fingerprint density at radius 2 is 0.833 bits per heavy atom. The normalized spacial score (nSPS) is 11.8. The molecular formula is C62H48N4O4S2. The predicted molar refractivity (Wildman–Crippen MR) is 301 cm³/mol. The van der Waals surface area contributed by atoms with Gasteiger partial charge in [-0.3, -0.25) is 4.79 Å². The van der Waals surface area contributed by atoms with Crippen LogP contribution in [-0.4, -0.2) is 35.2 Å². The summed E-state index contributed by atoms with van der Waals surface area (Å²) >= 11 is 2.88. The van der Waals surface area contributed by atoms with Gasteiger partial charge in [0.15, 0.2) is 0 Å². The topological polar surface area (TPSA) is 109 Å². The molecule has 8 rings (SSSR count). The van der Waals surface area contributed by atoms with E-state index >= 15 is 0 Å². The van der Waals surface area contributed by atoms with Crippen molar-refractivity contribution < 1.29 is 19.8 Å². The van der Waals surface area contributed by atoms with Gasteiger partial charge in [-0.15, -0.1) is 22.7 Å². The van der Waals surface area contributed by atoms with E-state index in [1.54, 1.807) is 6.07 Å². The highest BCUT2D eigenvalue weighted by Gasteiger charge is 2.14. The average molecular weight is 977 g/mol. The highest BCUT2D eigenvalue weighted by atomic mass is 32.1. The third kappa shape index (κ3) is 12.6. The molecule has 0 saturated carbocycles. The molecule has 2 aromatic heterocycles. The third-order valence-corrected chi connectivity index (χ3v) is 13.9. The molecule has 0 aliphatic rings. The number of nitriles is 1. The monoisotopic (exact) mass is 976 g/mol. The molecule has 8 aromatic rings. The van der Waals surface area contributed by atoms with Crippen LogP contribution in [0.1, 0.15) is 57.0 Å². The number of nitrogens with zero attached hydrogens (tertiary/aromatic N) is 4. The van der Waals surface area contributed by atoms with Crippen molar-refractivity contribution in [3.63, 3.8) is 0 Å². The van der Waals surface area contributed by atoms with Crippen molar-refractivity contribution in [2.45, 2.75) is 13.8 Å². The Morgan fingerprint density at radius 1 is 0.500 bits per heavy atom. The van der Waals surface area contributed by atoms with Crippen molar-refractivity contribution in [1.82, 2.24) is 0 Å². The SMILES string of the molecule is [C-]#[N+]C(=Cc1ccc(-c2ccc(C=Cc3ccc(N(c4ccc(C=Cc5ccc(-c6ccc(C=C(C#N)C(=O)O)s6)cc5)cc4)c4ccc(C=Cc5ccc(N(CC)CC)cc5)cc4)cc3)cc2)s1)C(=O)O. The number of carboxylic acids is 2. The molecule has 0 bridgehead atoms. The van der Waals surface area contributed by atoms with Gasteiger partial charge in [-0.2, -0.15) is 5.26 Å². The average Bonchev–Trinajstić information content (AvgIpc) is 4.10. The van der Waals surface area contributed by atoms with Crippen molar-refractivity contribution in [2.24, 2.45) is 0 Å². The fourth-order valence-corrected chi connectivity index (χ4v) is 9.77. The Labute approximate surface area is 428 Å².